The van der Waals surface area contributed by atoms with Crippen molar-refractivity contribution in [1.29, 1.82) is 0 Å². The van der Waals surface area contributed by atoms with Crippen molar-refractivity contribution in [1.82, 2.24) is 0 Å². The van der Waals surface area contributed by atoms with Crippen LogP contribution < -0.4 is 0 Å². The Morgan fingerprint density at radius 1 is 1.24 bits per heavy atom. The zero-order valence-corrected chi connectivity index (χ0v) is 10.7. The smallest absolute Gasteiger partial charge is 0.136 e. The van der Waals surface area contributed by atoms with Gasteiger partial charge in [-0.05, 0) is 37.2 Å². The molecule has 0 saturated heterocycles. The van der Waals surface area contributed by atoms with E-state index in [0.29, 0.717) is 11.7 Å². The lowest BCUT2D eigenvalue weighted by Crippen LogP contribution is -2.12. The molecule has 0 N–H and O–H groups in total. The zero-order valence-electron chi connectivity index (χ0n) is 10.7. The molecule has 0 bridgehead atoms. The molecule has 0 aliphatic heterocycles. The number of carbonyl (C=O) groups is 1. The van der Waals surface area contributed by atoms with Crippen molar-refractivity contribution < 1.29 is 4.79 Å². The van der Waals surface area contributed by atoms with Gasteiger partial charge in [-0.15, -0.1) is 0 Å². The molecule has 1 aromatic rings. The number of hydrogen-bond donors (Lipinski definition) is 0. The Morgan fingerprint density at radius 2 is 2.00 bits per heavy atom. The molecule has 2 rings (SSSR count). The second kappa shape index (κ2) is 6.00. The minimum atomic E-state index is 0.365. The van der Waals surface area contributed by atoms with E-state index in [1.807, 2.05) is 18.2 Å². The minimum Gasteiger partial charge on any atom is -0.299 e. The maximum Gasteiger partial charge on any atom is 0.136 e. The number of Topliss-reactive ketones (excluding diaryl/α,β-unsaturated/α-hetero) is 1. The molecule has 2 atom stereocenters. The van der Waals surface area contributed by atoms with Gasteiger partial charge in [0.2, 0.25) is 0 Å². The molecule has 0 spiro atoms. The Kier molecular flexibility index (Phi) is 4.36. The third-order valence-corrected chi connectivity index (χ3v) is 4.08. The first-order valence-electron chi connectivity index (χ1n) is 6.86. The van der Waals surface area contributed by atoms with Gasteiger partial charge in [-0.3, -0.25) is 4.79 Å². The molecule has 1 nitrogen and oxygen atoms in total. The van der Waals surface area contributed by atoms with E-state index in [1.165, 1.54) is 18.4 Å². The van der Waals surface area contributed by atoms with Crippen LogP contribution in [0.1, 0.15) is 44.6 Å². The fraction of sp³-hybridized carbons (Fsp3) is 0.562. The molecule has 1 aromatic carbocycles. The lowest BCUT2D eigenvalue weighted by molar-refractivity contribution is -0.122. The first-order chi connectivity index (χ1) is 8.29. The Bertz CT molecular complexity index is 355. The zero-order chi connectivity index (χ0) is 12.1. The SMILES string of the molecule is CCC1CCC(C(=O)CCc2ccccc2)C1. The molecule has 1 saturated carbocycles. The van der Waals surface area contributed by atoms with E-state index in [4.69, 9.17) is 0 Å². The lowest BCUT2D eigenvalue weighted by atomic mass is 9.95. The number of benzene rings is 1. The normalized spacial score (nSPS) is 23.8. The van der Waals surface area contributed by atoms with Crippen LogP contribution in [0.3, 0.4) is 0 Å². The molecule has 0 amide bonds. The molecule has 92 valence electrons. The average molecular weight is 230 g/mol. The molecule has 17 heavy (non-hydrogen) atoms. The summed E-state index contributed by atoms with van der Waals surface area (Å²) < 4.78 is 0. The van der Waals surface area contributed by atoms with Gasteiger partial charge in [0.05, 0.1) is 0 Å². The van der Waals surface area contributed by atoms with Crippen molar-refractivity contribution in [2.45, 2.75) is 45.4 Å². The Balaban J connectivity index is 1.78. The molecule has 1 aliphatic carbocycles. The summed E-state index contributed by atoms with van der Waals surface area (Å²) in [6.07, 6.45) is 6.41. The maximum absolute atomic E-state index is 12.1. The Hall–Kier alpha value is -1.11. The highest BCUT2D eigenvalue weighted by molar-refractivity contribution is 5.81. The van der Waals surface area contributed by atoms with Crippen LogP contribution in [0.2, 0.25) is 0 Å². The predicted octanol–water partition coefficient (Wildman–Crippen LogP) is 4.01. The van der Waals surface area contributed by atoms with Gasteiger partial charge in [0.25, 0.3) is 0 Å². The van der Waals surface area contributed by atoms with Crippen LogP contribution in [-0.2, 0) is 11.2 Å². The monoisotopic (exact) mass is 230 g/mol. The quantitative estimate of drug-likeness (QED) is 0.746. The lowest BCUT2D eigenvalue weighted by Gasteiger charge is -2.09. The summed E-state index contributed by atoms with van der Waals surface area (Å²) in [6, 6.07) is 10.3. The van der Waals surface area contributed by atoms with Gasteiger partial charge < -0.3 is 0 Å². The van der Waals surface area contributed by atoms with Crippen molar-refractivity contribution in [3.63, 3.8) is 0 Å². The van der Waals surface area contributed by atoms with Gasteiger partial charge >= 0.3 is 0 Å². The van der Waals surface area contributed by atoms with Crippen LogP contribution in [0.25, 0.3) is 0 Å². The summed E-state index contributed by atoms with van der Waals surface area (Å²) in [4.78, 5) is 12.1. The number of carbonyl (C=O) groups excluding carboxylic acids is 1. The van der Waals surface area contributed by atoms with Crippen LogP contribution in [0, 0.1) is 11.8 Å². The number of rotatable bonds is 5. The summed E-state index contributed by atoms with van der Waals surface area (Å²) in [5.74, 6) is 1.66. The topological polar surface area (TPSA) is 17.1 Å². The van der Waals surface area contributed by atoms with Gasteiger partial charge in [0.15, 0.2) is 0 Å². The summed E-state index contributed by atoms with van der Waals surface area (Å²) >= 11 is 0. The predicted molar refractivity (Wildman–Crippen MR) is 70.9 cm³/mol. The highest BCUT2D eigenvalue weighted by Gasteiger charge is 2.28. The highest BCUT2D eigenvalue weighted by atomic mass is 16.1. The standard InChI is InChI=1S/C16H22O/c1-2-13-8-10-15(12-13)16(17)11-9-14-6-4-3-5-7-14/h3-7,13,15H,2,8-12H2,1H3. The average Bonchev–Trinajstić information content (AvgIpc) is 2.86. The van der Waals surface area contributed by atoms with Crippen LogP contribution >= 0.6 is 0 Å². The molecule has 0 heterocycles. The van der Waals surface area contributed by atoms with Crippen molar-refractivity contribution in [2.75, 3.05) is 0 Å². The maximum atomic E-state index is 12.1. The number of hydrogen-bond acceptors (Lipinski definition) is 1. The van der Waals surface area contributed by atoms with E-state index in [9.17, 15) is 4.79 Å². The molecule has 1 heteroatoms. The molecule has 1 aliphatic rings. The third-order valence-electron chi connectivity index (χ3n) is 4.08. The molecule has 2 unspecified atom stereocenters. The second-order valence-electron chi connectivity index (χ2n) is 5.24. The summed E-state index contributed by atoms with van der Waals surface area (Å²) in [7, 11) is 0. The first-order valence-corrected chi connectivity index (χ1v) is 6.86. The molecule has 0 aromatic heterocycles. The van der Waals surface area contributed by atoms with E-state index < -0.39 is 0 Å². The van der Waals surface area contributed by atoms with Crippen LogP contribution in [0.4, 0.5) is 0 Å². The van der Waals surface area contributed by atoms with Crippen LogP contribution in [0.5, 0.6) is 0 Å². The molecular formula is C16H22O. The van der Waals surface area contributed by atoms with E-state index in [2.05, 4.69) is 19.1 Å². The van der Waals surface area contributed by atoms with E-state index >= 15 is 0 Å². The van der Waals surface area contributed by atoms with Crippen molar-refractivity contribution in [3.05, 3.63) is 35.9 Å². The van der Waals surface area contributed by atoms with Gasteiger partial charge in [0.1, 0.15) is 5.78 Å². The minimum absolute atomic E-state index is 0.365. The fourth-order valence-electron chi connectivity index (χ4n) is 2.85. The van der Waals surface area contributed by atoms with E-state index in [-0.39, 0.29) is 0 Å². The van der Waals surface area contributed by atoms with Crippen LogP contribution in [-0.4, -0.2) is 5.78 Å². The Labute approximate surface area is 104 Å². The van der Waals surface area contributed by atoms with Gasteiger partial charge in [-0.2, -0.15) is 0 Å². The number of ketones is 1. The fourth-order valence-corrected chi connectivity index (χ4v) is 2.85. The molecule has 0 radical (unpaired) electrons. The molecular weight excluding hydrogens is 208 g/mol. The van der Waals surface area contributed by atoms with Crippen molar-refractivity contribution >= 4 is 5.78 Å². The summed E-state index contributed by atoms with van der Waals surface area (Å²) in [6.45, 7) is 2.24. The van der Waals surface area contributed by atoms with Crippen molar-refractivity contribution in [2.24, 2.45) is 11.8 Å². The van der Waals surface area contributed by atoms with Gasteiger partial charge in [-0.25, -0.2) is 0 Å². The van der Waals surface area contributed by atoms with E-state index in [0.717, 1.165) is 31.6 Å². The largest absolute Gasteiger partial charge is 0.299 e. The Morgan fingerprint density at radius 3 is 2.65 bits per heavy atom. The first kappa shape index (κ1) is 12.3. The third kappa shape index (κ3) is 3.42. The summed E-state index contributed by atoms with van der Waals surface area (Å²) in [5.41, 5.74) is 1.28. The molecule has 1 fully saturated rings. The van der Waals surface area contributed by atoms with Gasteiger partial charge in [0, 0.05) is 12.3 Å². The second-order valence-corrected chi connectivity index (χ2v) is 5.24. The van der Waals surface area contributed by atoms with Gasteiger partial charge in [-0.1, -0.05) is 43.7 Å². The number of aryl methyl sites for hydroxylation is 1. The summed E-state index contributed by atoms with van der Waals surface area (Å²) in [5, 5.41) is 0. The van der Waals surface area contributed by atoms with Crippen molar-refractivity contribution in [3.8, 4) is 0 Å². The van der Waals surface area contributed by atoms with Crippen LogP contribution in [0.15, 0.2) is 30.3 Å². The van der Waals surface area contributed by atoms with E-state index in [1.54, 1.807) is 0 Å². The highest BCUT2D eigenvalue weighted by Crippen LogP contribution is 2.34.